The maximum absolute atomic E-state index is 11.9. The van der Waals surface area contributed by atoms with Crippen molar-refractivity contribution in [2.24, 2.45) is 11.5 Å². The van der Waals surface area contributed by atoms with E-state index in [9.17, 15) is 9.59 Å². The zero-order valence-electron chi connectivity index (χ0n) is 14.3. The number of carbonyl (C=O) groups is 2. The predicted octanol–water partition coefficient (Wildman–Crippen LogP) is 2.06. The molecule has 0 aliphatic heterocycles. The molecule has 0 unspecified atom stereocenters. The van der Waals surface area contributed by atoms with Gasteiger partial charge in [-0.1, -0.05) is 26.0 Å². The molecule has 0 aliphatic carbocycles. The van der Waals surface area contributed by atoms with Crippen LogP contribution < -0.4 is 22.1 Å². The summed E-state index contributed by atoms with van der Waals surface area (Å²) in [6.07, 6.45) is 0. The van der Waals surface area contributed by atoms with Crippen LogP contribution in [0.3, 0.4) is 0 Å². The van der Waals surface area contributed by atoms with E-state index in [-0.39, 0.29) is 11.8 Å². The molecule has 0 atom stereocenters. The third-order valence-corrected chi connectivity index (χ3v) is 2.59. The Kier molecular flexibility index (Phi) is 7.22. The standard InChI is InChI=1S/C14H22N4O2.C2H6/c1-13(2,15)11(19)17-9-7-5-6-8-10(9)18-12(20)14(3,4)16;1-2/h5-8H,15-16H2,1-4H3,(H,17,19)(H,18,20);1-2H3. The summed E-state index contributed by atoms with van der Waals surface area (Å²) in [5, 5.41) is 5.38. The normalized spacial score (nSPS) is 11.1. The lowest BCUT2D eigenvalue weighted by atomic mass is 10.1. The predicted molar refractivity (Wildman–Crippen MR) is 91.6 cm³/mol. The summed E-state index contributed by atoms with van der Waals surface area (Å²) in [5.41, 5.74) is 10.4. The topological polar surface area (TPSA) is 110 Å². The average Bonchev–Trinajstić information content (AvgIpc) is 2.41. The molecule has 1 aromatic rings. The Labute approximate surface area is 132 Å². The summed E-state index contributed by atoms with van der Waals surface area (Å²) in [6.45, 7) is 10.4. The van der Waals surface area contributed by atoms with Crippen LogP contribution in [0.2, 0.25) is 0 Å². The zero-order valence-corrected chi connectivity index (χ0v) is 14.3. The second-order valence-electron chi connectivity index (χ2n) is 5.90. The molecule has 0 spiro atoms. The number of nitrogens with one attached hydrogen (secondary N) is 2. The molecule has 0 aromatic heterocycles. The zero-order chi connectivity index (χ0) is 17.6. The molecule has 6 nitrogen and oxygen atoms in total. The molecule has 0 heterocycles. The third-order valence-electron chi connectivity index (χ3n) is 2.59. The van der Waals surface area contributed by atoms with Gasteiger partial charge in [0, 0.05) is 0 Å². The Morgan fingerprint density at radius 3 is 1.32 bits per heavy atom. The van der Waals surface area contributed by atoms with Crippen molar-refractivity contribution in [3.8, 4) is 0 Å². The molecule has 22 heavy (non-hydrogen) atoms. The number of amides is 2. The second kappa shape index (κ2) is 7.91. The summed E-state index contributed by atoms with van der Waals surface area (Å²) in [6, 6.07) is 6.87. The fraction of sp³-hybridized carbons (Fsp3) is 0.500. The van der Waals surface area contributed by atoms with Crippen LogP contribution in [0.25, 0.3) is 0 Å². The molecule has 124 valence electrons. The van der Waals surface area contributed by atoms with Crippen LogP contribution in [-0.2, 0) is 9.59 Å². The molecule has 0 fully saturated rings. The van der Waals surface area contributed by atoms with Gasteiger partial charge in [-0.15, -0.1) is 0 Å². The minimum atomic E-state index is -1.01. The molecule has 2 amide bonds. The summed E-state index contributed by atoms with van der Waals surface area (Å²) < 4.78 is 0. The lowest BCUT2D eigenvalue weighted by Gasteiger charge is -2.22. The van der Waals surface area contributed by atoms with E-state index < -0.39 is 11.1 Å². The third kappa shape index (κ3) is 6.24. The van der Waals surface area contributed by atoms with Crippen LogP contribution in [0.1, 0.15) is 41.5 Å². The highest BCUT2D eigenvalue weighted by Gasteiger charge is 2.25. The number of para-hydroxylation sites is 2. The first kappa shape index (κ1) is 20.1. The Morgan fingerprint density at radius 1 is 0.818 bits per heavy atom. The van der Waals surface area contributed by atoms with Gasteiger partial charge in [-0.2, -0.15) is 0 Å². The van der Waals surface area contributed by atoms with Crippen LogP contribution in [0.4, 0.5) is 11.4 Å². The summed E-state index contributed by atoms with van der Waals surface area (Å²) in [5.74, 6) is -0.683. The van der Waals surface area contributed by atoms with Gasteiger partial charge < -0.3 is 22.1 Å². The largest absolute Gasteiger partial charge is 0.323 e. The van der Waals surface area contributed by atoms with Crippen LogP contribution in [0, 0.1) is 0 Å². The van der Waals surface area contributed by atoms with Crippen molar-refractivity contribution in [3.05, 3.63) is 24.3 Å². The van der Waals surface area contributed by atoms with Crippen LogP contribution in [-0.4, -0.2) is 22.9 Å². The number of nitrogens with two attached hydrogens (primary N) is 2. The Hall–Kier alpha value is -1.92. The van der Waals surface area contributed by atoms with Crippen molar-refractivity contribution in [2.75, 3.05) is 10.6 Å². The van der Waals surface area contributed by atoms with Crippen molar-refractivity contribution in [2.45, 2.75) is 52.6 Å². The molecule has 0 bridgehead atoms. The van der Waals surface area contributed by atoms with Crippen molar-refractivity contribution in [1.29, 1.82) is 0 Å². The minimum absolute atomic E-state index is 0.341. The first-order valence-electron chi connectivity index (χ1n) is 7.31. The van der Waals surface area contributed by atoms with Gasteiger partial charge in [0.15, 0.2) is 0 Å². The molecule has 1 rings (SSSR count). The van der Waals surface area contributed by atoms with Crippen molar-refractivity contribution in [1.82, 2.24) is 0 Å². The molecule has 1 aromatic carbocycles. The Balaban J connectivity index is 0.00000211. The number of anilines is 2. The SMILES string of the molecule is CC.CC(C)(N)C(=O)Nc1ccccc1NC(=O)C(C)(C)N. The minimum Gasteiger partial charge on any atom is -0.323 e. The summed E-state index contributed by atoms with van der Waals surface area (Å²) >= 11 is 0. The summed E-state index contributed by atoms with van der Waals surface area (Å²) in [7, 11) is 0. The number of rotatable bonds is 4. The molecular formula is C16H28N4O2. The van der Waals surface area contributed by atoms with Crippen LogP contribution in [0.5, 0.6) is 0 Å². The van der Waals surface area contributed by atoms with E-state index in [0.717, 1.165) is 0 Å². The molecule has 0 saturated carbocycles. The Bertz CT molecular complexity index is 467. The van der Waals surface area contributed by atoms with E-state index in [2.05, 4.69) is 10.6 Å². The monoisotopic (exact) mass is 308 g/mol. The highest BCUT2D eigenvalue weighted by atomic mass is 16.2. The van der Waals surface area contributed by atoms with E-state index in [1.165, 1.54) is 0 Å². The smallest absolute Gasteiger partial charge is 0.243 e. The number of hydrogen-bond donors (Lipinski definition) is 4. The van der Waals surface area contributed by atoms with Gasteiger partial charge in [-0.05, 0) is 39.8 Å². The number of carbonyl (C=O) groups excluding carboxylic acids is 2. The van der Waals surface area contributed by atoms with Crippen molar-refractivity contribution < 1.29 is 9.59 Å². The molecule has 0 saturated heterocycles. The quantitative estimate of drug-likeness (QED) is 0.682. The molecule has 0 radical (unpaired) electrons. The first-order valence-corrected chi connectivity index (χ1v) is 7.31. The van der Waals surface area contributed by atoms with Gasteiger partial charge in [0.25, 0.3) is 0 Å². The van der Waals surface area contributed by atoms with E-state index >= 15 is 0 Å². The van der Waals surface area contributed by atoms with Gasteiger partial charge in [0.05, 0.1) is 22.5 Å². The average molecular weight is 308 g/mol. The second-order valence-corrected chi connectivity index (χ2v) is 5.90. The number of benzene rings is 1. The lowest BCUT2D eigenvalue weighted by Crippen LogP contribution is -2.46. The van der Waals surface area contributed by atoms with E-state index in [4.69, 9.17) is 11.5 Å². The molecule has 6 N–H and O–H groups in total. The number of hydrogen-bond acceptors (Lipinski definition) is 4. The maximum Gasteiger partial charge on any atom is 0.243 e. The molecular weight excluding hydrogens is 280 g/mol. The highest BCUT2D eigenvalue weighted by molar-refractivity contribution is 6.04. The van der Waals surface area contributed by atoms with Gasteiger partial charge in [0.1, 0.15) is 0 Å². The highest BCUT2D eigenvalue weighted by Crippen LogP contribution is 2.22. The van der Waals surface area contributed by atoms with Gasteiger partial charge in [0.2, 0.25) is 11.8 Å². The lowest BCUT2D eigenvalue weighted by molar-refractivity contribution is -0.120. The van der Waals surface area contributed by atoms with E-state index in [1.807, 2.05) is 13.8 Å². The van der Waals surface area contributed by atoms with Crippen LogP contribution >= 0.6 is 0 Å². The van der Waals surface area contributed by atoms with Gasteiger partial charge in [-0.25, -0.2) is 0 Å². The maximum atomic E-state index is 11.9. The Morgan fingerprint density at radius 2 is 1.09 bits per heavy atom. The van der Waals surface area contributed by atoms with Crippen molar-refractivity contribution >= 4 is 23.2 Å². The fourth-order valence-corrected chi connectivity index (χ4v) is 1.27. The molecule has 6 heteroatoms. The van der Waals surface area contributed by atoms with Gasteiger partial charge in [-0.3, -0.25) is 9.59 Å². The van der Waals surface area contributed by atoms with Crippen molar-refractivity contribution in [3.63, 3.8) is 0 Å². The van der Waals surface area contributed by atoms with Crippen LogP contribution in [0.15, 0.2) is 24.3 Å². The van der Waals surface area contributed by atoms with E-state index in [1.54, 1.807) is 52.0 Å². The first-order chi connectivity index (χ1) is 10.0. The fourth-order valence-electron chi connectivity index (χ4n) is 1.27. The van der Waals surface area contributed by atoms with E-state index in [0.29, 0.717) is 11.4 Å². The summed E-state index contributed by atoms with van der Waals surface area (Å²) in [4.78, 5) is 23.8. The molecule has 0 aliphatic rings. The van der Waals surface area contributed by atoms with Gasteiger partial charge >= 0.3 is 0 Å².